The molecule has 1 unspecified atom stereocenters. The summed E-state index contributed by atoms with van der Waals surface area (Å²) in [5.41, 5.74) is 5.41. The van der Waals surface area contributed by atoms with Crippen LogP contribution >= 0.6 is 0 Å². The first kappa shape index (κ1) is 15.4. The SMILES string of the molecule is CCCNC(CCN(CCOC)C1CC1)C(N)=O. The number of amides is 1. The second-order valence-corrected chi connectivity index (χ2v) is 4.96. The molecule has 0 heterocycles. The lowest BCUT2D eigenvalue weighted by Gasteiger charge is -2.24. The van der Waals surface area contributed by atoms with Gasteiger partial charge in [0.25, 0.3) is 0 Å². The molecule has 106 valence electrons. The Bertz CT molecular complexity index is 244. The topological polar surface area (TPSA) is 67.6 Å². The van der Waals surface area contributed by atoms with E-state index in [4.69, 9.17) is 10.5 Å². The Morgan fingerprint density at radius 2 is 2.22 bits per heavy atom. The molecule has 0 bridgehead atoms. The number of primary amides is 1. The number of hydrogen-bond donors (Lipinski definition) is 2. The largest absolute Gasteiger partial charge is 0.383 e. The number of methoxy groups -OCH3 is 1. The Labute approximate surface area is 110 Å². The molecule has 1 amide bonds. The molecule has 0 aromatic rings. The van der Waals surface area contributed by atoms with Crippen molar-refractivity contribution < 1.29 is 9.53 Å². The summed E-state index contributed by atoms with van der Waals surface area (Å²) in [5.74, 6) is -0.245. The summed E-state index contributed by atoms with van der Waals surface area (Å²) in [7, 11) is 1.72. The maximum absolute atomic E-state index is 11.3. The van der Waals surface area contributed by atoms with Crippen LogP contribution in [0.5, 0.6) is 0 Å². The predicted molar refractivity (Wildman–Crippen MR) is 72.4 cm³/mol. The van der Waals surface area contributed by atoms with E-state index in [0.717, 1.165) is 39.1 Å². The first-order valence-electron chi connectivity index (χ1n) is 6.94. The minimum absolute atomic E-state index is 0.200. The third-order valence-corrected chi connectivity index (χ3v) is 3.34. The van der Waals surface area contributed by atoms with Crippen LogP contribution in [-0.4, -0.2) is 56.2 Å². The minimum Gasteiger partial charge on any atom is -0.383 e. The van der Waals surface area contributed by atoms with Crippen LogP contribution in [0.4, 0.5) is 0 Å². The van der Waals surface area contributed by atoms with E-state index in [9.17, 15) is 4.79 Å². The van der Waals surface area contributed by atoms with Gasteiger partial charge in [-0.25, -0.2) is 0 Å². The van der Waals surface area contributed by atoms with Gasteiger partial charge in [0.05, 0.1) is 12.6 Å². The molecule has 1 saturated carbocycles. The number of ether oxygens (including phenoxy) is 1. The smallest absolute Gasteiger partial charge is 0.234 e. The molecule has 3 N–H and O–H groups in total. The van der Waals surface area contributed by atoms with Gasteiger partial charge >= 0.3 is 0 Å². The van der Waals surface area contributed by atoms with Gasteiger partial charge in [-0.05, 0) is 32.2 Å². The van der Waals surface area contributed by atoms with E-state index in [-0.39, 0.29) is 11.9 Å². The summed E-state index contributed by atoms with van der Waals surface area (Å²) in [5, 5.41) is 3.21. The fraction of sp³-hybridized carbons (Fsp3) is 0.923. The highest BCUT2D eigenvalue weighted by molar-refractivity contribution is 5.79. The standard InChI is InChI=1S/C13H27N3O2/c1-3-7-15-12(13(14)17)6-8-16(9-10-18-2)11-4-5-11/h11-12,15H,3-10H2,1-2H3,(H2,14,17). The molecule has 0 aliphatic heterocycles. The lowest BCUT2D eigenvalue weighted by molar-refractivity contribution is -0.120. The molecule has 1 fully saturated rings. The Balaban J connectivity index is 2.30. The van der Waals surface area contributed by atoms with Gasteiger partial charge in [-0.2, -0.15) is 0 Å². The van der Waals surface area contributed by atoms with Gasteiger partial charge in [-0.3, -0.25) is 9.69 Å². The number of nitrogens with zero attached hydrogens (tertiary/aromatic N) is 1. The molecule has 0 aromatic carbocycles. The zero-order valence-electron chi connectivity index (χ0n) is 11.7. The van der Waals surface area contributed by atoms with Crippen LogP contribution in [0.15, 0.2) is 0 Å². The van der Waals surface area contributed by atoms with Gasteiger partial charge in [0.1, 0.15) is 0 Å². The average molecular weight is 257 g/mol. The summed E-state index contributed by atoms with van der Waals surface area (Å²) in [6.45, 7) is 5.54. The Kier molecular flexibility index (Phi) is 7.23. The van der Waals surface area contributed by atoms with Crippen molar-refractivity contribution >= 4 is 5.91 Å². The third kappa shape index (κ3) is 5.80. The van der Waals surface area contributed by atoms with Crippen molar-refractivity contribution in [1.82, 2.24) is 10.2 Å². The predicted octanol–water partition coefficient (Wildman–Crippen LogP) is 0.341. The van der Waals surface area contributed by atoms with E-state index < -0.39 is 0 Å². The van der Waals surface area contributed by atoms with Gasteiger partial charge in [-0.15, -0.1) is 0 Å². The van der Waals surface area contributed by atoms with E-state index >= 15 is 0 Å². The summed E-state index contributed by atoms with van der Waals surface area (Å²) in [6, 6.07) is 0.494. The fourth-order valence-corrected chi connectivity index (χ4v) is 2.08. The molecular weight excluding hydrogens is 230 g/mol. The van der Waals surface area contributed by atoms with E-state index in [1.807, 2.05) is 0 Å². The number of carbonyl (C=O) groups is 1. The van der Waals surface area contributed by atoms with Crippen LogP contribution in [-0.2, 0) is 9.53 Å². The monoisotopic (exact) mass is 257 g/mol. The van der Waals surface area contributed by atoms with Gasteiger partial charge in [0, 0.05) is 26.2 Å². The van der Waals surface area contributed by atoms with Crippen molar-refractivity contribution in [2.75, 3.05) is 33.4 Å². The van der Waals surface area contributed by atoms with Crippen molar-refractivity contribution in [2.24, 2.45) is 5.73 Å². The van der Waals surface area contributed by atoms with Crippen LogP contribution in [0.25, 0.3) is 0 Å². The summed E-state index contributed by atoms with van der Waals surface area (Å²) in [4.78, 5) is 13.7. The Morgan fingerprint density at radius 3 is 2.72 bits per heavy atom. The number of nitrogens with one attached hydrogen (secondary N) is 1. The molecule has 1 aliphatic carbocycles. The molecule has 1 atom stereocenters. The number of hydrogen-bond acceptors (Lipinski definition) is 4. The average Bonchev–Trinajstić information content (AvgIpc) is 3.16. The third-order valence-electron chi connectivity index (χ3n) is 3.34. The fourth-order valence-electron chi connectivity index (χ4n) is 2.08. The van der Waals surface area contributed by atoms with Crippen molar-refractivity contribution in [3.63, 3.8) is 0 Å². The Hall–Kier alpha value is -0.650. The molecule has 1 rings (SSSR count). The van der Waals surface area contributed by atoms with Crippen molar-refractivity contribution in [1.29, 1.82) is 0 Å². The highest BCUT2D eigenvalue weighted by atomic mass is 16.5. The summed E-state index contributed by atoms with van der Waals surface area (Å²) in [6.07, 6.45) is 4.34. The number of carbonyl (C=O) groups excluding carboxylic acids is 1. The summed E-state index contributed by atoms with van der Waals surface area (Å²) < 4.78 is 5.12. The second kappa shape index (κ2) is 8.45. The molecule has 18 heavy (non-hydrogen) atoms. The van der Waals surface area contributed by atoms with Crippen LogP contribution in [0.2, 0.25) is 0 Å². The first-order valence-corrected chi connectivity index (χ1v) is 6.94. The molecule has 5 nitrogen and oxygen atoms in total. The molecule has 0 aromatic heterocycles. The minimum atomic E-state index is -0.245. The maximum Gasteiger partial charge on any atom is 0.234 e. The van der Waals surface area contributed by atoms with Crippen LogP contribution < -0.4 is 11.1 Å². The van der Waals surface area contributed by atoms with E-state index in [2.05, 4.69) is 17.1 Å². The molecule has 0 radical (unpaired) electrons. The van der Waals surface area contributed by atoms with Gasteiger partial charge in [0.15, 0.2) is 0 Å². The van der Waals surface area contributed by atoms with Crippen LogP contribution in [0.1, 0.15) is 32.6 Å². The normalized spacial score (nSPS) is 17.1. The van der Waals surface area contributed by atoms with Crippen LogP contribution in [0.3, 0.4) is 0 Å². The van der Waals surface area contributed by atoms with E-state index in [0.29, 0.717) is 6.04 Å². The Morgan fingerprint density at radius 1 is 1.50 bits per heavy atom. The van der Waals surface area contributed by atoms with Gasteiger partial charge in [0.2, 0.25) is 5.91 Å². The molecule has 1 aliphatic rings. The lowest BCUT2D eigenvalue weighted by atomic mass is 10.1. The highest BCUT2D eigenvalue weighted by Gasteiger charge is 2.29. The van der Waals surface area contributed by atoms with Crippen molar-refractivity contribution in [3.05, 3.63) is 0 Å². The van der Waals surface area contributed by atoms with Crippen molar-refractivity contribution in [3.8, 4) is 0 Å². The van der Waals surface area contributed by atoms with Crippen molar-refractivity contribution in [2.45, 2.75) is 44.7 Å². The number of nitrogens with two attached hydrogens (primary N) is 1. The number of rotatable bonds is 11. The molecule has 0 spiro atoms. The van der Waals surface area contributed by atoms with E-state index in [1.165, 1.54) is 12.8 Å². The zero-order valence-corrected chi connectivity index (χ0v) is 11.7. The zero-order chi connectivity index (χ0) is 13.4. The van der Waals surface area contributed by atoms with Crippen LogP contribution in [0, 0.1) is 0 Å². The molecular formula is C13H27N3O2. The highest BCUT2D eigenvalue weighted by Crippen LogP contribution is 2.26. The lowest BCUT2D eigenvalue weighted by Crippen LogP contribution is -2.44. The molecule has 5 heteroatoms. The van der Waals surface area contributed by atoms with Gasteiger partial charge in [-0.1, -0.05) is 6.92 Å². The maximum atomic E-state index is 11.3. The second-order valence-electron chi connectivity index (χ2n) is 4.96. The quantitative estimate of drug-likeness (QED) is 0.560. The summed E-state index contributed by atoms with van der Waals surface area (Å²) >= 11 is 0. The molecule has 0 saturated heterocycles. The van der Waals surface area contributed by atoms with Gasteiger partial charge < -0.3 is 15.8 Å². The first-order chi connectivity index (χ1) is 8.69. The van der Waals surface area contributed by atoms with E-state index in [1.54, 1.807) is 7.11 Å².